The van der Waals surface area contributed by atoms with Crippen LogP contribution < -0.4 is 10.3 Å². The first kappa shape index (κ1) is 26.7. The average Bonchev–Trinajstić information content (AvgIpc) is 3.18. The molecule has 2 aromatic heterocycles. The molecule has 2 aliphatic heterocycles. The number of nitrogens with zero attached hydrogens (tertiary/aromatic N) is 2. The number of hydrogen-bond acceptors (Lipinski definition) is 5. The van der Waals surface area contributed by atoms with Crippen molar-refractivity contribution in [2.45, 2.75) is 59.4 Å². The van der Waals surface area contributed by atoms with Gasteiger partial charge in [0.25, 0.3) is 5.56 Å². The molecule has 0 unspecified atom stereocenters. The molecule has 0 aliphatic carbocycles. The highest BCUT2D eigenvalue weighted by atomic mass is 16.5. The first-order chi connectivity index (χ1) is 18.2. The van der Waals surface area contributed by atoms with E-state index in [-0.39, 0.29) is 17.8 Å². The third-order valence-corrected chi connectivity index (χ3v) is 8.71. The summed E-state index contributed by atoms with van der Waals surface area (Å²) in [5.74, 6) is 1.17. The SMILES string of the molecule is COc1cc(C)[nH]c(=O)c1CCC(=O)c1c(C)n([C@H](C)C2CCN(CC3(C)COC3)CC2)c2ccccc12. The molecule has 5 rings (SSSR count). The Morgan fingerprint density at radius 1 is 1.21 bits per heavy atom. The molecule has 1 N–H and O–H groups in total. The van der Waals surface area contributed by atoms with Gasteiger partial charge in [0.15, 0.2) is 5.78 Å². The smallest absolute Gasteiger partial charge is 0.255 e. The van der Waals surface area contributed by atoms with Crippen LogP contribution in [0.1, 0.15) is 66.5 Å². The second-order valence-electron chi connectivity index (χ2n) is 11.8. The molecule has 0 bridgehead atoms. The van der Waals surface area contributed by atoms with E-state index < -0.39 is 0 Å². The van der Waals surface area contributed by atoms with Gasteiger partial charge in [-0.15, -0.1) is 0 Å². The van der Waals surface area contributed by atoms with Crippen LogP contribution in [0.15, 0.2) is 35.1 Å². The maximum absolute atomic E-state index is 13.7. The van der Waals surface area contributed by atoms with Crippen LogP contribution >= 0.6 is 0 Å². The summed E-state index contributed by atoms with van der Waals surface area (Å²) in [6.45, 7) is 13.6. The van der Waals surface area contributed by atoms with E-state index in [0.717, 1.165) is 73.5 Å². The molecule has 2 aliphatic rings. The van der Waals surface area contributed by atoms with Crippen LogP contribution in [0.3, 0.4) is 0 Å². The molecular formula is C31H41N3O4. The van der Waals surface area contributed by atoms with Crippen molar-refractivity contribution >= 4 is 16.7 Å². The maximum atomic E-state index is 13.7. The van der Waals surface area contributed by atoms with Crippen molar-refractivity contribution in [3.63, 3.8) is 0 Å². The standard InChI is InChI=1S/C31H41N3O4/c1-20-16-28(37-5)25(30(36)32-20)10-11-27(35)29-22(3)34(26-9-7-6-8-24(26)29)21(2)23-12-14-33(15-13-23)17-31(4)18-38-19-31/h6-9,16,21,23H,10-15,17-19H2,1-5H3,(H,32,36)/t21-/m1/s1. The van der Waals surface area contributed by atoms with Gasteiger partial charge >= 0.3 is 0 Å². The van der Waals surface area contributed by atoms with Gasteiger partial charge in [0.05, 0.1) is 25.9 Å². The van der Waals surface area contributed by atoms with Gasteiger partial charge in [-0.3, -0.25) is 9.59 Å². The zero-order valence-electron chi connectivity index (χ0n) is 23.4. The summed E-state index contributed by atoms with van der Waals surface area (Å²) in [6.07, 6.45) is 2.91. The van der Waals surface area contributed by atoms with Crippen LogP contribution in [0.5, 0.6) is 5.75 Å². The second kappa shape index (κ2) is 10.7. The fraction of sp³-hybridized carbons (Fsp3) is 0.548. The highest BCUT2D eigenvalue weighted by Crippen LogP contribution is 2.37. The van der Waals surface area contributed by atoms with Crippen molar-refractivity contribution in [1.82, 2.24) is 14.5 Å². The van der Waals surface area contributed by atoms with Crippen molar-refractivity contribution in [2.24, 2.45) is 11.3 Å². The summed E-state index contributed by atoms with van der Waals surface area (Å²) < 4.78 is 13.3. The average molecular weight is 520 g/mol. The lowest BCUT2D eigenvalue weighted by atomic mass is 9.85. The number of hydrogen-bond donors (Lipinski definition) is 1. The number of carbonyl (C=O) groups is 1. The summed E-state index contributed by atoms with van der Waals surface area (Å²) in [7, 11) is 1.56. The number of piperidine rings is 1. The minimum Gasteiger partial charge on any atom is -0.496 e. The first-order valence-corrected chi connectivity index (χ1v) is 13.9. The van der Waals surface area contributed by atoms with E-state index >= 15 is 0 Å². The molecule has 0 spiro atoms. The number of nitrogens with one attached hydrogen (secondary N) is 1. The van der Waals surface area contributed by atoms with Crippen molar-refractivity contribution in [2.75, 3.05) is 40.0 Å². The largest absolute Gasteiger partial charge is 0.496 e. The molecule has 7 nitrogen and oxygen atoms in total. The number of carbonyl (C=O) groups excluding carboxylic acids is 1. The third-order valence-electron chi connectivity index (χ3n) is 8.71. The fourth-order valence-electron chi connectivity index (χ4n) is 6.62. The number of ether oxygens (including phenoxy) is 2. The topological polar surface area (TPSA) is 76.6 Å². The number of Topliss-reactive ketones (excluding diaryl/α,β-unsaturated/α-hetero) is 1. The van der Waals surface area contributed by atoms with E-state index in [1.54, 1.807) is 7.11 Å². The molecule has 2 fully saturated rings. The summed E-state index contributed by atoms with van der Waals surface area (Å²) >= 11 is 0. The molecule has 3 aromatic rings. The number of methoxy groups -OCH3 is 1. The number of ketones is 1. The molecule has 0 amide bonds. The molecule has 4 heterocycles. The van der Waals surface area contributed by atoms with Crippen LogP contribution in [0.25, 0.3) is 10.9 Å². The van der Waals surface area contributed by atoms with Gasteiger partial charge in [-0.25, -0.2) is 0 Å². The molecule has 2 saturated heterocycles. The predicted octanol–water partition coefficient (Wildman–Crippen LogP) is 5.08. The summed E-state index contributed by atoms with van der Waals surface area (Å²) in [5.41, 5.74) is 4.32. The van der Waals surface area contributed by atoms with Gasteiger partial charge in [0.2, 0.25) is 0 Å². The van der Waals surface area contributed by atoms with Crippen LogP contribution in [-0.2, 0) is 11.2 Å². The number of H-pyrrole nitrogens is 1. The molecule has 204 valence electrons. The van der Waals surface area contributed by atoms with Gasteiger partial charge in [0, 0.05) is 52.3 Å². The Balaban J connectivity index is 1.35. The van der Waals surface area contributed by atoms with E-state index in [0.29, 0.717) is 35.1 Å². The summed E-state index contributed by atoms with van der Waals surface area (Å²) in [6, 6.07) is 10.4. The minimum atomic E-state index is -0.187. The Morgan fingerprint density at radius 3 is 2.58 bits per heavy atom. The van der Waals surface area contributed by atoms with Gasteiger partial charge in [0.1, 0.15) is 5.75 Å². The van der Waals surface area contributed by atoms with E-state index in [1.165, 1.54) is 0 Å². The van der Waals surface area contributed by atoms with Gasteiger partial charge in [-0.1, -0.05) is 25.1 Å². The number of fused-ring (bicyclic) bond motifs is 1. The van der Waals surface area contributed by atoms with Crippen molar-refractivity contribution in [1.29, 1.82) is 0 Å². The maximum Gasteiger partial charge on any atom is 0.255 e. The zero-order valence-corrected chi connectivity index (χ0v) is 23.4. The lowest BCUT2D eigenvalue weighted by Gasteiger charge is -2.44. The quantitative estimate of drug-likeness (QED) is 0.399. The molecular weight excluding hydrogens is 478 g/mol. The number of likely N-dealkylation sites (tertiary alicyclic amines) is 1. The Bertz CT molecular complexity index is 1380. The summed E-state index contributed by atoms with van der Waals surface area (Å²) in [4.78, 5) is 31.7. The Labute approximate surface area is 225 Å². The summed E-state index contributed by atoms with van der Waals surface area (Å²) in [5, 5.41) is 1.00. The van der Waals surface area contributed by atoms with Crippen LogP contribution in [0.4, 0.5) is 0 Å². The molecule has 1 atom stereocenters. The minimum absolute atomic E-state index is 0.0671. The normalized spacial score (nSPS) is 18.9. The van der Waals surface area contributed by atoms with Gasteiger partial charge in [-0.05, 0) is 71.2 Å². The van der Waals surface area contributed by atoms with E-state index in [2.05, 4.69) is 53.4 Å². The molecule has 0 saturated carbocycles. The lowest BCUT2D eigenvalue weighted by Crippen LogP contribution is -2.50. The number of aryl methyl sites for hydroxylation is 1. The van der Waals surface area contributed by atoms with E-state index in [9.17, 15) is 9.59 Å². The van der Waals surface area contributed by atoms with Crippen LogP contribution in [0.2, 0.25) is 0 Å². The zero-order chi connectivity index (χ0) is 27.0. The monoisotopic (exact) mass is 519 g/mol. The molecule has 0 radical (unpaired) electrons. The van der Waals surface area contributed by atoms with E-state index in [1.807, 2.05) is 19.1 Å². The van der Waals surface area contributed by atoms with Crippen LogP contribution in [-0.4, -0.2) is 60.2 Å². The van der Waals surface area contributed by atoms with Crippen LogP contribution in [0, 0.1) is 25.2 Å². The first-order valence-electron chi connectivity index (χ1n) is 13.9. The highest BCUT2D eigenvalue weighted by Gasteiger charge is 2.37. The number of para-hydroxylation sites is 1. The van der Waals surface area contributed by atoms with Gasteiger partial charge in [-0.2, -0.15) is 0 Å². The Hall–Kier alpha value is -2.90. The Kier molecular flexibility index (Phi) is 7.51. The highest BCUT2D eigenvalue weighted by molar-refractivity contribution is 6.09. The number of aromatic nitrogens is 2. The van der Waals surface area contributed by atoms with E-state index in [4.69, 9.17) is 9.47 Å². The number of aromatic amines is 1. The number of pyridine rings is 1. The molecule has 1 aromatic carbocycles. The Morgan fingerprint density at radius 2 is 1.92 bits per heavy atom. The third kappa shape index (κ3) is 5.06. The fourth-order valence-corrected chi connectivity index (χ4v) is 6.62. The number of benzene rings is 1. The number of rotatable bonds is 9. The van der Waals surface area contributed by atoms with Crippen molar-refractivity contribution in [3.05, 3.63) is 63.2 Å². The van der Waals surface area contributed by atoms with Gasteiger partial charge < -0.3 is 23.9 Å². The van der Waals surface area contributed by atoms with Crippen molar-refractivity contribution < 1.29 is 14.3 Å². The molecule has 7 heteroatoms. The van der Waals surface area contributed by atoms with Crippen molar-refractivity contribution in [3.8, 4) is 5.75 Å². The predicted molar refractivity (Wildman–Crippen MR) is 150 cm³/mol. The second-order valence-corrected chi connectivity index (χ2v) is 11.8. The molecule has 38 heavy (non-hydrogen) atoms. The lowest BCUT2D eigenvalue weighted by molar-refractivity contribution is -0.117.